The van der Waals surface area contributed by atoms with Gasteiger partial charge in [-0.1, -0.05) is 49.6 Å². The molecule has 3 heterocycles. The third-order valence-electron chi connectivity index (χ3n) is 8.13. The van der Waals surface area contributed by atoms with Gasteiger partial charge in [-0.3, -0.25) is 0 Å². The molecule has 2 aromatic carbocycles. The SMILES string of the molecule is O=C(O)c1ccc2c(C3CCCCC3)c3n(c2c1)C[C@@H](NC(=O)N1CCOCC1)Cc1ccccc1-3. The van der Waals surface area contributed by atoms with Gasteiger partial charge in [-0.25, -0.2) is 9.59 Å². The number of hydrogen-bond donors (Lipinski definition) is 2. The molecule has 2 amide bonds. The van der Waals surface area contributed by atoms with E-state index in [1.54, 1.807) is 6.07 Å². The van der Waals surface area contributed by atoms with Gasteiger partial charge in [0.1, 0.15) is 0 Å². The van der Waals surface area contributed by atoms with Crippen molar-refractivity contribution in [2.75, 3.05) is 26.3 Å². The summed E-state index contributed by atoms with van der Waals surface area (Å²) in [7, 11) is 0. The number of benzene rings is 2. The molecule has 7 nitrogen and oxygen atoms in total. The molecule has 0 unspecified atom stereocenters. The summed E-state index contributed by atoms with van der Waals surface area (Å²) in [6.45, 7) is 2.93. The summed E-state index contributed by atoms with van der Waals surface area (Å²) < 4.78 is 7.71. The molecule has 1 atom stereocenters. The smallest absolute Gasteiger partial charge is 0.335 e. The first-order valence-corrected chi connectivity index (χ1v) is 13.2. The van der Waals surface area contributed by atoms with Crippen molar-refractivity contribution in [1.82, 2.24) is 14.8 Å². The normalized spacial score (nSPS) is 20.4. The second-order valence-electron chi connectivity index (χ2n) is 10.4. The van der Waals surface area contributed by atoms with Crippen molar-refractivity contribution in [3.05, 3.63) is 59.2 Å². The Hall–Kier alpha value is -3.32. The molecular weight excluding hydrogens is 454 g/mol. The standard InChI is InChI=1S/C29H33N3O4/c33-28(34)21-10-11-24-25(17-21)32-18-22(30-29(35)31-12-14-36-15-13-31)16-20-8-4-5-9-23(20)27(32)26(24)19-6-2-1-3-7-19/h4-5,8-11,17,19,22H,1-3,6-7,12-16,18H2,(H,30,35)(H,33,34)/t22-/m0/s1. The Balaban J connectivity index is 1.49. The third kappa shape index (κ3) is 4.15. The van der Waals surface area contributed by atoms with Crippen LogP contribution in [0.2, 0.25) is 0 Å². The minimum absolute atomic E-state index is 0.0561. The molecule has 0 spiro atoms. The maximum absolute atomic E-state index is 13.1. The molecule has 1 aromatic heterocycles. The maximum Gasteiger partial charge on any atom is 0.335 e. The van der Waals surface area contributed by atoms with Gasteiger partial charge in [-0.05, 0) is 48.4 Å². The highest BCUT2D eigenvalue weighted by Crippen LogP contribution is 2.46. The molecule has 188 valence electrons. The van der Waals surface area contributed by atoms with Gasteiger partial charge in [0.2, 0.25) is 0 Å². The van der Waals surface area contributed by atoms with Gasteiger partial charge in [0.25, 0.3) is 0 Å². The van der Waals surface area contributed by atoms with Crippen LogP contribution in [0.5, 0.6) is 0 Å². The number of amides is 2. The molecule has 6 rings (SSSR count). The Kier molecular flexibility index (Phi) is 6.17. The monoisotopic (exact) mass is 487 g/mol. The lowest BCUT2D eigenvalue weighted by molar-refractivity contribution is 0.0524. The van der Waals surface area contributed by atoms with E-state index < -0.39 is 5.97 Å². The Labute approximate surface area is 211 Å². The zero-order valence-electron chi connectivity index (χ0n) is 20.5. The molecule has 0 bridgehead atoms. The number of morpholine rings is 1. The van der Waals surface area contributed by atoms with Crippen molar-refractivity contribution in [3.8, 4) is 11.3 Å². The number of ether oxygens (including phenoxy) is 1. The molecule has 7 heteroatoms. The molecule has 1 saturated carbocycles. The number of rotatable bonds is 3. The highest BCUT2D eigenvalue weighted by Gasteiger charge is 2.32. The quantitative estimate of drug-likeness (QED) is 0.543. The summed E-state index contributed by atoms with van der Waals surface area (Å²) in [5, 5.41) is 14.2. The summed E-state index contributed by atoms with van der Waals surface area (Å²) in [4.78, 5) is 26.8. The van der Waals surface area contributed by atoms with Crippen LogP contribution in [0.3, 0.4) is 0 Å². The Morgan fingerprint density at radius 3 is 2.56 bits per heavy atom. The zero-order valence-corrected chi connectivity index (χ0v) is 20.5. The third-order valence-corrected chi connectivity index (χ3v) is 8.13. The van der Waals surface area contributed by atoms with Gasteiger partial charge in [0.05, 0.1) is 30.5 Å². The predicted molar refractivity (Wildman–Crippen MR) is 139 cm³/mol. The van der Waals surface area contributed by atoms with Gasteiger partial charge in [-0.2, -0.15) is 0 Å². The van der Waals surface area contributed by atoms with E-state index in [1.165, 1.54) is 41.6 Å². The lowest BCUT2D eigenvalue weighted by Gasteiger charge is -2.29. The topological polar surface area (TPSA) is 83.8 Å². The first-order chi connectivity index (χ1) is 17.6. The number of aromatic carboxylic acids is 1. The zero-order chi connectivity index (χ0) is 24.6. The lowest BCUT2D eigenvalue weighted by Crippen LogP contribution is -2.50. The number of nitrogens with zero attached hydrogens (tertiary/aromatic N) is 2. The summed E-state index contributed by atoms with van der Waals surface area (Å²) in [6.07, 6.45) is 6.78. The number of carbonyl (C=O) groups is 2. The number of carboxylic acid groups (broad SMARTS) is 1. The van der Waals surface area contributed by atoms with Crippen molar-refractivity contribution < 1.29 is 19.4 Å². The fourth-order valence-electron chi connectivity index (χ4n) is 6.40. The lowest BCUT2D eigenvalue weighted by atomic mass is 9.81. The number of aromatic nitrogens is 1. The minimum atomic E-state index is -0.919. The number of carboxylic acids is 1. The fourth-order valence-corrected chi connectivity index (χ4v) is 6.40. The number of nitrogens with one attached hydrogen (secondary N) is 1. The summed E-state index contributed by atoms with van der Waals surface area (Å²) in [5.74, 6) is -0.460. The highest BCUT2D eigenvalue weighted by atomic mass is 16.5. The Morgan fingerprint density at radius 2 is 1.78 bits per heavy atom. The van der Waals surface area contributed by atoms with Gasteiger partial charge < -0.3 is 24.6 Å². The molecule has 3 aromatic rings. The summed E-state index contributed by atoms with van der Waals surface area (Å²) >= 11 is 0. The highest BCUT2D eigenvalue weighted by molar-refractivity contribution is 5.98. The molecule has 3 aliphatic rings. The molecule has 2 fully saturated rings. The second kappa shape index (κ2) is 9.62. The molecule has 0 radical (unpaired) electrons. The fraction of sp³-hybridized carbons (Fsp3) is 0.448. The van der Waals surface area contributed by atoms with E-state index in [9.17, 15) is 14.7 Å². The van der Waals surface area contributed by atoms with Crippen LogP contribution in [0.4, 0.5) is 4.79 Å². The largest absolute Gasteiger partial charge is 0.478 e. The van der Waals surface area contributed by atoms with Crippen molar-refractivity contribution in [2.24, 2.45) is 0 Å². The summed E-state index contributed by atoms with van der Waals surface area (Å²) in [5.41, 5.74) is 6.24. The van der Waals surface area contributed by atoms with Crippen LogP contribution in [0.25, 0.3) is 22.2 Å². The molecule has 2 aliphatic heterocycles. The average molecular weight is 488 g/mol. The van der Waals surface area contributed by atoms with E-state index in [0.717, 1.165) is 30.2 Å². The maximum atomic E-state index is 13.1. The van der Waals surface area contributed by atoms with Crippen LogP contribution in [-0.4, -0.2) is 58.9 Å². The van der Waals surface area contributed by atoms with E-state index in [4.69, 9.17) is 4.74 Å². The molecule has 36 heavy (non-hydrogen) atoms. The van der Waals surface area contributed by atoms with Crippen molar-refractivity contribution in [2.45, 2.75) is 57.0 Å². The van der Waals surface area contributed by atoms with Crippen LogP contribution in [0, 0.1) is 0 Å². The molecule has 2 N–H and O–H groups in total. The Morgan fingerprint density at radius 1 is 1.00 bits per heavy atom. The molecule has 1 aliphatic carbocycles. The average Bonchev–Trinajstić information content (AvgIpc) is 3.13. The minimum Gasteiger partial charge on any atom is -0.478 e. The number of hydrogen-bond acceptors (Lipinski definition) is 3. The van der Waals surface area contributed by atoms with Gasteiger partial charge in [0, 0.05) is 36.1 Å². The molecule has 1 saturated heterocycles. The Bertz CT molecular complexity index is 1300. The number of urea groups is 1. The van der Waals surface area contributed by atoms with Crippen LogP contribution in [0.1, 0.15) is 59.5 Å². The van der Waals surface area contributed by atoms with E-state index in [0.29, 0.717) is 44.3 Å². The second-order valence-corrected chi connectivity index (χ2v) is 10.4. The number of carbonyl (C=O) groups excluding carboxylic acids is 1. The van der Waals surface area contributed by atoms with E-state index in [-0.39, 0.29) is 12.1 Å². The van der Waals surface area contributed by atoms with Crippen LogP contribution < -0.4 is 5.32 Å². The molecular formula is C29H33N3O4. The van der Waals surface area contributed by atoms with Crippen LogP contribution >= 0.6 is 0 Å². The number of fused-ring (bicyclic) bond motifs is 5. The van der Waals surface area contributed by atoms with E-state index in [2.05, 4.69) is 34.1 Å². The van der Waals surface area contributed by atoms with Crippen molar-refractivity contribution in [3.63, 3.8) is 0 Å². The van der Waals surface area contributed by atoms with Crippen LogP contribution in [-0.2, 0) is 17.7 Å². The van der Waals surface area contributed by atoms with E-state index >= 15 is 0 Å². The summed E-state index contributed by atoms with van der Waals surface area (Å²) in [6, 6.07) is 13.9. The van der Waals surface area contributed by atoms with Gasteiger partial charge in [0.15, 0.2) is 0 Å². The van der Waals surface area contributed by atoms with E-state index in [1.807, 2.05) is 17.0 Å². The van der Waals surface area contributed by atoms with Crippen LogP contribution in [0.15, 0.2) is 42.5 Å². The van der Waals surface area contributed by atoms with Crippen molar-refractivity contribution >= 4 is 22.9 Å². The predicted octanol–water partition coefficient (Wildman–Crippen LogP) is 5.02. The van der Waals surface area contributed by atoms with Gasteiger partial charge in [-0.15, -0.1) is 0 Å². The first-order valence-electron chi connectivity index (χ1n) is 13.2. The van der Waals surface area contributed by atoms with Gasteiger partial charge >= 0.3 is 12.0 Å². The first kappa shape index (κ1) is 23.1. The van der Waals surface area contributed by atoms with Crippen molar-refractivity contribution in [1.29, 1.82) is 0 Å².